The molecular formula is C26H40ClN3O2. The minimum atomic E-state index is -0.307. The van der Waals surface area contributed by atoms with Gasteiger partial charge < -0.3 is 14.5 Å². The largest absolute Gasteiger partial charge is 0.465 e. The Kier molecular flexibility index (Phi) is 11.9. The molecule has 6 heteroatoms. The summed E-state index contributed by atoms with van der Waals surface area (Å²) >= 11 is 5.92. The number of carbonyl (C=O) groups is 1. The molecule has 0 aliphatic carbocycles. The second-order valence-electron chi connectivity index (χ2n) is 8.55. The van der Waals surface area contributed by atoms with E-state index in [1.54, 1.807) is 5.54 Å². The molecule has 1 aromatic carbocycles. The van der Waals surface area contributed by atoms with Crippen LogP contribution < -0.4 is 4.90 Å². The zero-order chi connectivity index (χ0) is 23.3. The molecule has 1 aromatic rings. The molecule has 1 aliphatic heterocycles. The minimum absolute atomic E-state index is 0.265. The van der Waals surface area contributed by atoms with Gasteiger partial charge in [-0.05, 0) is 63.9 Å². The van der Waals surface area contributed by atoms with Gasteiger partial charge in [0.1, 0.15) is 0 Å². The number of ether oxygens (including phenoxy) is 1. The zero-order valence-corrected chi connectivity index (χ0v) is 20.8. The Bertz CT molecular complexity index is 747. The number of benzene rings is 1. The van der Waals surface area contributed by atoms with Crippen LogP contribution in [0.5, 0.6) is 0 Å². The second kappa shape index (κ2) is 14.4. The lowest BCUT2D eigenvalue weighted by Crippen LogP contribution is -2.44. The summed E-state index contributed by atoms with van der Waals surface area (Å²) < 4.78 is 4.93. The van der Waals surface area contributed by atoms with E-state index in [0.717, 1.165) is 50.4 Å². The molecule has 0 bridgehead atoms. The molecule has 0 spiro atoms. The van der Waals surface area contributed by atoms with Gasteiger partial charge in [-0.3, -0.25) is 4.90 Å². The van der Waals surface area contributed by atoms with Gasteiger partial charge in [-0.1, -0.05) is 36.2 Å². The molecule has 1 fully saturated rings. The molecule has 1 aliphatic rings. The van der Waals surface area contributed by atoms with Crippen LogP contribution in [0, 0.1) is 6.92 Å². The van der Waals surface area contributed by atoms with Crippen molar-refractivity contribution < 1.29 is 9.53 Å². The predicted molar refractivity (Wildman–Crippen MR) is 136 cm³/mol. The summed E-state index contributed by atoms with van der Waals surface area (Å²) in [4.78, 5) is 19.5. The van der Waals surface area contributed by atoms with E-state index in [1.165, 1.54) is 39.5 Å². The number of aryl methyl sites for hydroxylation is 1. The Balaban J connectivity index is 2.13. The Morgan fingerprint density at radius 1 is 1.22 bits per heavy atom. The first-order chi connectivity index (χ1) is 15.5. The summed E-state index contributed by atoms with van der Waals surface area (Å²) in [6.07, 6.45) is 8.85. The van der Waals surface area contributed by atoms with Crippen molar-refractivity contribution in [1.29, 1.82) is 0 Å². The van der Waals surface area contributed by atoms with Gasteiger partial charge in [0.15, 0.2) is 0 Å². The van der Waals surface area contributed by atoms with Gasteiger partial charge in [-0.25, -0.2) is 4.79 Å². The van der Waals surface area contributed by atoms with Crippen LogP contribution in [0.25, 0.3) is 0 Å². The molecule has 1 atom stereocenters. The molecule has 1 unspecified atom stereocenters. The number of anilines is 1. The number of methoxy groups -OCH3 is 1. The van der Waals surface area contributed by atoms with E-state index in [-0.39, 0.29) is 12.0 Å². The fraction of sp³-hybridized carbons (Fsp3) is 0.577. The van der Waals surface area contributed by atoms with E-state index in [4.69, 9.17) is 16.3 Å². The molecule has 0 amide bonds. The number of esters is 1. The smallest absolute Gasteiger partial charge is 0.337 e. The highest BCUT2D eigenvalue weighted by atomic mass is 35.5. The highest BCUT2D eigenvalue weighted by Crippen LogP contribution is 2.23. The van der Waals surface area contributed by atoms with E-state index >= 15 is 0 Å². The van der Waals surface area contributed by atoms with E-state index in [0.29, 0.717) is 5.56 Å². The summed E-state index contributed by atoms with van der Waals surface area (Å²) in [5.41, 5.74) is 4.43. The standard InChI is InChI=1S/C26H40ClN3O2/c1-5-6-16-30(25-21-24(26(31)32-4)11-10-22(25)2)20-19-29(23(3)12-13-27)18-17-28-14-8-7-9-15-28/h5,10-13,21,23H,1,6-9,14-20H2,2-4H3/b13-12+. The molecule has 178 valence electrons. The third-order valence-corrected chi connectivity index (χ3v) is 6.46. The number of hydrogen-bond acceptors (Lipinski definition) is 5. The zero-order valence-electron chi connectivity index (χ0n) is 20.1. The number of hydrogen-bond donors (Lipinski definition) is 0. The summed E-state index contributed by atoms with van der Waals surface area (Å²) in [7, 11) is 1.42. The number of nitrogens with zero attached hydrogens (tertiary/aromatic N) is 3. The molecule has 0 aromatic heterocycles. The number of rotatable bonds is 13. The van der Waals surface area contributed by atoms with Crippen LogP contribution in [-0.4, -0.2) is 74.7 Å². The predicted octanol–water partition coefficient (Wildman–Crippen LogP) is 5.09. The molecule has 32 heavy (non-hydrogen) atoms. The lowest BCUT2D eigenvalue weighted by atomic mass is 10.1. The number of likely N-dealkylation sites (tertiary alicyclic amines) is 1. The average Bonchev–Trinajstić information content (AvgIpc) is 2.81. The molecule has 1 heterocycles. The van der Waals surface area contributed by atoms with Gasteiger partial charge in [0.05, 0.1) is 12.7 Å². The molecule has 2 rings (SSSR count). The SMILES string of the molecule is C=CCCN(CCN(CCN1CCCCC1)C(C)/C=C/Cl)c1cc(C(=O)OC)ccc1C. The van der Waals surface area contributed by atoms with Crippen molar-refractivity contribution in [3.63, 3.8) is 0 Å². The van der Waals surface area contributed by atoms with Crippen molar-refractivity contribution in [1.82, 2.24) is 9.80 Å². The van der Waals surface area contributed by atoms with Crippen LogP contribution in [0.15, 0.2) is 42.5 Å². The Morgan fingerprint density at radius 2 is 1.97 bits per heavy atom. The van der Waals surface area contributed by atoms with Crippen molar-refractivity contribution >= 4 is 23.3 Å². The van der Waals surface area contributed by atoms with Crippen molar-refractivity contribution in [3.8, 4) is 0 Å². The number of halogens is 1. The maximum Gasteiger partial charge on any atom is 0.337 e. The number of carbonyl (C=O) groups excluding carboxylic acids is 1. The number of piperidine rings is 1. The van der Waals surface area contributed by atoms with Crippen LogP contribution in [-0.2, 0) is 4.74 Å². The first-order valence-electron chi connectivity index (χ1n) is 11.8. The van der Waals surface area contributed by atoms with Crippen LogP contribution in [0.4, 0.5) is 5.69 Å². The van der Waals surface area contributed by atoms with Gasteiger partial charge in [-0.15, -0.1) is 6.58 Å². The maximum absolute atomic E-state index is 12.1. The van der Waals surface area contributed by atoms with Crippen molar-refractivity contribution in [3.05, 3.63) is 53.6 Å². The van der Waals surface area contributed by atoms with Crippen LogP contribution in [0.2, 0.25) is 0 Å². The summed E-state index contributed by atoms with van der Waals surface area (Å²) in [6.45, 7) is 15.3. The summed E-state index contributed by atoms with van der Waals surface area (Å²) in [6, 6.07) is 6.04. The quantitative estimate of drug-likeness (QED) is 0.302. The topological polar surface area (TPSA) is 36.0 Å². The Hall–Kier alpha value is -1.82. The highest BCUT2D eigenvalue weighted by Gasteiger charge is 2.18. The first-order valence-corrected chi connectivity index (χ1v) is 12.2. The van der Waals surface area contributed by atoms with Crippen molar-refractivity contribution in [2.24, 2.45) is 0 Å². The average molecular weight is 462 g/mol. The monoisotopic (exact) mass is 461 g/mol. The third-order valence-electron chi connectivity index (χ3n) is 6.31. The van der Waals surface area contributed by atoms with Gasteiger partial charge in [0.25, 0.3) is 0 Å². The highest BCUT2D eigenvalue weighted by molar-refractivity contribution is 6.25. The van der Waals surface area contributed by atoms with Gasteiger partial charge >= 0.3 is 5.97 Å². The molecule has 5 nitrogen and oxygen atoms in total. The van der Waals surface area contributed by atoms with Gasteiger partial charge in [-0.2, -0.15) is 0 Å². The maximum atomic E-state index is 12.1. The fourth-order valence-electron chi connectivity index (χ4n) is 4.24. The minimum Gasteiger partial charge on any atom is -0.465 e. The van der Waals surface area contributed by atoms with E-state index in [9.17, 15) is 4.79 Å². The van der Waals surface area contributed by atoms with Crippen molar-refractivity contribution in [2.75, 3.05) is 57.8 Å². The van der Waals surface area contributed by atoms with Crippen molar-refractivity contribution in [2.45, 2.75) is 45.6 Å². The lowest BCUT2D eigenvalue weighted by Gasteiger charge is -2.34. The summed E-state index contributed by atoms with van der Waals surface area (Å²) in [5, 5.41) is 0. The molecular weight excluding hydrogens is 422 g/mol. The van der Waals surface area contributed by atoms with Crippen LogP contribution in [0.1, 0.15) is 48.5 Å². The molecule has 1 saturated heterocycles. The molecule has 0 radical (unpaired) electrons. The van der Waals surface area contributed by atoms with E-state index in [2.05, 4.69) is 41.2 Å². The Morgan fingerprint density at radius 3 is 2.62 bits per heavy atom. The second-order valence-corrected chi connectivity index (χ2v) is 8.81. The van der Waals surface area contributed by atoms with E-state index < -0.39 is 0 Å². The lowest BCUT2D eigenvalue weighted by molar-refractivity contribution is 0.0600. The van der Waals surface area contributed by atoms with Crippen LogP contribution >= 0.6 is 11.6 Å². The third kappa shape index (κ3) is 8.27. The normalized spacial score (nSPS) is 15.8. The molecule has 0 saturated carbocycles. The fourth-order valence-corrected chi connectivity index (χ4v) is 4.45. The molecule has 0 N–H and O–H groups in total. The van der Waals surface area contributed by atoms with Crippen LogP contribution in [0.3, 0.4) is 0 Å². The first kappa shape index (κ1) is 26.4. The van der Waals surface area contributed by atoms with Gasteiger partial charge in [0, 0.05) is 50.0 Å². The van der Waals surface area contributed by atoms with E-state index in [1.807, 2.05) is 24.3 Å². The summed E-state index contributed by atoms with van der Waals surface area (Å²) in [5.74, 6) is -0.307. The van der Waals surface area contributed by atoms with Gasteiger partial charge in [0.2, 0.25) is 0 Å². The Labute approximate surface area is 199 Å².